The Balaban J connectivity index is 1.60. The van der Waals surface area contributed by atoms with Crippen molar-refractivity contribution in [2.24, 2.45) is 0 Å². The van der Waals surface area contributed by atoms with Crippen LogP contribution in [0, 0.1) is 11.3 Å². The van der Waals surface area contributed by atoms with Crippen molar-refractivity contribution >= 4 is 27.8 Å². The topological polar surface area (TPSA) is 86.5 Å². The second kappa shape index (κ2) is 7.29. The minimum atomic E-state index is -1.21. The standard InChI is InChI=1S/C15H16N4O2S2/c16-9-12-1-3-14(4-2-12)23(21)19-7-5-18(6-8-19)15-17-13(10-20)11-22-15/h1-4,11,20H,5-8,10H2. The fraction of sp³-hybridized carbons (Fsp3) is 0.333. The van der Waals surface area contributed by atoms with Crippen LogP contribution in [0.1, 0.15) is 11.3 Å². The maximum Gasteiger partial charge on any atom is 0.185 e. The van der Waals surface area contributed by atoms with E-state index >= 15 is 0 Å². The zero-order valence-electron chi connectivity index (χ0n) is 12.4. The Morgan fingerprint density at radius 1 is 1.26 bits per heavy atom. The third-order valence-corrected chi connectivity index (χ3v) is 6.09. The fourth-order valence-electron chi connectivity index (χ4n) is 2.35. The Bertz CT molecular complexity index is 690. The second-order valence-corrected chi connectivity index (χ2v) is 7.40. The summed E-state index contributed by atoms with van der Waals surface area (Å²) in [6.45, 7) is 2.82. The lowest BCUT2D eigenvalue weighted by atomic mass is 10.2. The predicted molar refractivity (Wildman–Crippen MR) is 89.4 cm³/mol. The number of piperazine rings is 1. The molecule has 0 spiro atoms. The average Bonchev–Trinajstić information content (AvgIpc) is 3.10. The normalized spacial score (nSPS) is 17.0. The van der Waals surface area contributed by atoms with Gasteiger partial charge in [-0.15, -0.1) is 15.6 Å². The second-order valence-electron chi connectivity index (χ2n) is 5.08. The number of nitrogens with zero attached hydrogens (tertiary/aromatic N) is 4. The molecule has 1 aromatic carbocycles. The van der Waals surface area contributed by atoms with Crippen LogP contribution in [0.2, 0.25) is 0 Å². The lowest BCUT2D eigenvalue weighted by Crippen LogP contribution is -2.48. The number of anilines is 1. The Hall–Kier alpha value is -1.63. The van der Waals surface area contributed by atoms with Crippen LogP contribution < -0.4 is 4.90 Å². The van der Waals surface area contributed by atoms with Gasteiger partial charge in [0.2, 0.25) is 0 Å². The molecule has 0 aliphatic carbocycles. The Labute approximate surface area is 141 Å². The van der Waals surface area contributed by atoms with E-state index in [0.717, 1.165) is 18.2 Å². The van der Waals surface area contributed by atoms with E-state index in [1.807, 2.05) is 9.69 Å². The van der Waals surface area contributed by atoms with Gasteiger partial charge in [0.25, 0.3) is 0 Å². The van der Waals surface area contributed by atoms with E-state index in [1.165, 1.54) is 11.3 Å². The van der Waals surface area contributed by atoms with Crippen molar-refractivity contribution in [1.82, 2.24) is 9.29 Å². The van der Waals surface area contributed by atoms with Gasteiger partial charge in [0.1, 0.15) is 0 Å². The first-order chi connectivity index (χ1) is 11.2. The van der Waals surface area contributed by atoms with Gasteiger partial charge in [-0.3, -0.25) is 0 Å². The minimum Gasteiger partial charge on any atom is -0.593 e. The van der Waals surface area contributed by atoms with Crippen LogP contribution in [0.3, 0.4) is 0 Å². The molecule has 1 aliphatic heterocycles. The highest BCUT2D eigenvalue weighted by Gasteiger charge is 2.28. The molecular formula is C15H16N4O2S2. The SMILES string of the molecule is N#Cc1ccc([S+]([O-])N2CCN(c3nc(CO)cs3)CC2)cc1. The summed E-state index contributed by atoms with van der Waals surface area (Å²) in [6, 6.07) is 8.93. The Morgan fingerprint density at radius 3 is 2.52 bits per heavy atom. The molecule has 1 N–H and O–H groups in total. The molecule has 23 heavy (non-hydrogen) atoms. The molecule has 8 heteroatoms. The smallest absolute Gasteiger partial charge is 0.185 e. The number of benzene rings is 1. The molecular weight excluding hydrogens is 332 g/mol. The molecule has 1 fully saturated rings. The summed E-state index contributed by atoms with van der Waals surface area (Å²) in [5.41, 5.74) is 1.26. The molecule has 1 unspecified atom stereocenters. The van der Waals surface area contributed by atoms with Crippen LogP contribution in [0.4, 0.5) is 5.13 Å². The number of rotatable bonds is 4. The number of nitriles is 1. The highest BCUT2D eigenvalue weighted by atomic mass is 32.2. The van der Waals surface area contributed by atoms with Crippen molar-refractivity contribution < 1.29 is 9.66 Å². The Morgan fingerprint density at radius 2 is 1.96 bits per heavy atom. The molecule has 6 nitrogen and oxygen atoms in total. The number of aromatic nitrogens is 1. The first-order valence-corrected chi connectivity index (χ1v) is 9.17. The molecule has 3 rings (SSSR count). The van der Waals surface area contributed by atoms with E-state index in [0.29, 0.717) is 29.2 Å². The molecule has 1 saturated heterocycles. The van der Waals surface area contributed by atoms with Crippen LogP contribution >= 0.6 is 11.3 Å². The summed E-state index contributed by atoms with van der Waals surface area (Å²) in [7, 11) is 0. The van der Waals surface area contributed by atoms with E-state index in [1.54, 1.807) is 24.3 Å². The van der Waals surface area contributed by atoms with Crippen LogP contribution in [0.15, 0.2) is 34.5 Å². The number of thiazole rings is 1. The molecule has 1 atom stereocenters. The van der Waals surface area contributed by atoms with Crippen molar-refractivity contribution in [2.45, 2.75) is 11.5 Å². The van der Waals surface area contributed by atoms with Gasteiger partial charge < -0.3 is 14.6 Å². The Kier molecular flexibility index (Phi) is 5.15. The highest BCUT2D eigenvalue weighted by Crippen LogP contribution is 2.24. The van der Waals surface area contributed by atoms with Gasteiger partial charge >= 0.3 is 0 Å². The van der Waals surface area contributed by atoms with Crippen molar-refractivity contribution in [2.75, 3.05) is 31.1 Å². The zero-order valence-corrected chi connectivity index (χ0v) is 14.0. The van der Waals surface area contributed by atoms with Crippen molar-refractivity contribution in [3.8, 4) is 6.07 Å². The quantitative estimate of drug-likeness (QED) is 0.840. The molecule has 2 heterocycles. The average molecular weight is 348 g/mol. The van der Waals surface area contributed by atoms with E-state index in [9.17, 15) is 4.55 Å². The number of hydrogen-bond acceptors (Lipinski definition) is 7. The van der Waals surface area contributed by atoms with Gasteiger partial charge in [0, 0.05) is 18.5 Å². The highest BCUT2D eigenvalue weighted by molar-refractivity contribution is 7.89. The predicted octanol–water partition coefficient (Wildman–Crippen LogP) is 1.35. The number of hydrogen-bond donors (Lipinski definition) is 1. The van der Waals surface area contributed by atoms with Crippen LogP contribution in [-0.2, 0) is 18.0 Å². The summed E-state index contributed by atoms with van der Waals surface area (Å²) in [5, 5.41) is 20.7. The minimum absolute atomic E-state index is 0.0425. The summed E-state index contributed by atoms with van der Waals surface area (Å²) in [5.74, 6) is 0. The monoisotopic (exact) mass is 348 g/mol. The van der Waals surface area contributed by atoms with Crippen molar-refractivity contribution in [3.05, 3.63) is 40.9 Å². The van der Waals surface area contributed by atoms with Gasteiger partial charge in [-0.25, -0.2) is 4.98 Å². The first-order valence-electron chi connectivity index (χ1n) is 7.18. The van der Waals surface area contributed by atoms with Gasteiger partial charge in [0.15, 0.2) is 10.0 Å². The molecule has 1 aromatic heterocycles. The van der Waals surface area contributed by atoms with Crippen LogP contribution in [0.5, 0.6) is 0 Å². The number of aliphatic hydroxyl groups excluding tert-OH is 1. The van der Waals surface area contributed by atoms with Crippen molar-refractivity contribution in [3.63, 3.8) is 0 Å². The van der Waals surface area contributed by atoms with Gasteiger partial charge in [-0.2, -0.15) is 5.26 Å². The van der Waals surface area contributed by atoms with Gasteiger partial charge in [-0.1, -0.05) is 0 Å². The molecule has 2 aromatic rings. The largest absolute Gasteiger partial charge is 0.593 e. The van der Waals surface area contributed by atoms with Crippen LogP contribution in [-0.4, -0.2) is 45.1 Å². The van der Waals surface area contributed by atoms with E-state index in [4.69, 9.17) is 10.4 Å². The van der Waals surface area contributed by atoms with E-state index < -0.39 is 11.4 Å². The lowest BCUT2D eigenvalue weighted by molar-refractivity contribution is 0.277. The number of aliphatic hydroxyl groups is 1. The summed E-state index contributed by atoms with van der Waals surface area (Å²) in [4.78, 5) is 7.24. The third kappa shape index (κ3) is 3.65. The molecule has 0 bridgehead atoms. The molecule has 1 aliphatic rings. The summed E-state index contributed by atoms with van der Waals surface area (Å²) < 4.78 is 14.5. The van der Waals surface area contributed by atoms with E-state index in [2.05, 4.69) is 16.0 Å². The fourth-order valence-corrected chi connectivity index (χ4v) is 4.39. The lowest BCUT2D eigenvalue weighted by Gasteiger charge is -2.33. The third-order valence-electron chi connectivity index (χ3n) is 3.63. The molecule has 120 valence electrons. The molecule has 0 amide bonds. The van der Waals surface area contributed by atoms with Gasteiger partial charge in [0.05, 0.1) is 48.4 Å². The molecule has 0 radical (unpaired) electrons. The summed E-state index contributed by atoms with van der Waals surface area (Å²) in [6.07, 6.45) is 0. The zero-order chi connectivity index (χ0) is 16.2. The first kappa shape index (κ1) is 16.2. The molecule has 0 saturated carbocycles. The maximum absolute atomic E-state index is 12.6. The van der Waals surface area contributed by atoms with Crippen molar-refractivity contribution in [1.29, 1.82) is 5.26 Å². The van der Waals surface area contributed by atoms with Gasteiger partial charge in [-0.05, 0) is 24.3 Å². The van der Waals surface area contributed by atoms with E-state index in [-0.39, 0.29) is 6.61 Å². The van der Waals surface area contributed by atoms with Crippen LogP contribution in [0.25, 0.3) is 0 Å². The summed E-state index contributed by atoms with van der Waals surface area (Å²) >= 11 is 0.313. The maximum atomic E-state index is 12.6.